The molecular weight excluding hydrogens is 255 g/mol. The van der Waals surface area contributed by atoms with Gasteiger partial charge in [-0.05, 0) is 31.5 Å². The molecule has 0 aliphatic heterocycles. The van der Waals surface area contributed by atoms with Gasteiger partial charge < -0.3 is 4.74 Å². The summed E-state index contributed by atoms with van der Waals surface area (Å²) in [5.74, 6) is -0.357. The molecule has 0 heterocycles. The van der Waals surface area contributed by atoms with Crippen molar-refractivity contribution in [1.29, 1.82) is 0 Å². The van der Waals surface area contributed by atoms with E-state index in [-0.39, 0.29) is 11.5 Å². The number of Topliss-reactive ketones (excluding diaryl/α,β-unsaturated/α-hetero) is 1. The van der Waals surface area contributed by atoms with Gasteiger partial charge in [-0.1, -0.05) is 45.4 Å². The highest BCUT2D eigenvalue weighted by atomic mass is 19.1. The normalized spacial score (nSPS) is 10.6. The predicted octanol–water partition coefficient (Wildman–Crippen LogP) is 5.16. The number of carbonyl (C=O) groups is 1. The van der Waals surface area contributed by atoms with E-state index in [1.165, 1.54) is 51.2 Å². The van der Waals surface area contributed by atoms with Crippen LogP contribution in [0.5, 0.6) is 5.75 Å². The van der Waals surface area contributed by atoms with E-state index in [0.29, 0.717) is 12.2 Å². The van der Waals surface area contributed by atoms with Crippen molar-refractivity contribution in [2.75, 3.05) is 6.61 Å². The summed E-state index contributed by atoms with van der Waals surface area (Å²) in [6.07, 6.45) is 8.43. The maximum absolute atomic E-state index is 13.6. The fraction of sp³-hybridized carbons (Fsp3) is 0.588. The Kier molecular flexibility index (Phi) is 7.93. The van der Waals surface area contributed by atoms with Crippen LogP contribution in [-0.2, 0) is 0 Å². The van der Waals surface area contributed by atoms with E-state index in [4.69, 9.17) is 4.74 Å². The van der Waals surface area contributed by atoms with E-state index in [0.717, 1.165) is 12.8 Å². The lowest BCUT2D eigenvalue weighted by atomic mass is 10.1. The standard InChI is InChI=1S/C17H25FO2/c1-3-4-5-6-7-8-9-12-20-17-11-10-15(14(2)19)13-16(17)18/h10-11,13H,3-9,12H2,1-2H3. The molecule has 20 heavy (non-hydrogen) atoms. The fourth-order valence-electron chi connectivity index (χ4n) is 2.08. The van der Waals surface area contributed by atoms with Crippen LogP contribution in [0.3, 0.4) is 0 Å². The minimum Gasteiger partial charge on any atom is -0.491 e. The first kappa shape index (κ1) is 16.7. The molecule has 1 rings (SSSR count). The number of hydrogen-bond donors (Lipinski definition) is 0. The zero-order valence-corrected chi connectivity index (χ0v) is 12.6. The number of ether oxygens (including phenoxy) is 1. The Morgan fingerprint density at radius 2 is 1.75 bits per heavy atom. The molecule has 0 N–H and O–H groups in total. The summed E-state index contributed by atoms with van der Waals surface area (Å²) < 4.78 is 19.1. The maximum Gasteiger partial charge on any atom is 0.165 e. The lowest BCUT2D eigenvalue weighted by molar-refractivity contribution is 0.101. The molecule has 0 aromatic heterocycles. The van der Waals surface area contributed by atoms with Gasteiger partial charge in [0.2, 0.25) is 0 Å². The highest BCUT2D eigenvalue weighted by Crippen LogP contribution is 2.19. The Bertz CT molecular complexity index is 415. The molecule has 112 valence electrons. The predicted molar refractivity (Wildman–Crippen MR) is 79.9 cm³/mol. The first-order valence-electron chi connectivity index (χ1n) is 7.58. The van der Waals surface area contributed by atoms with Gasteiger partial charge in [0.15, 0.2) is 17.3 Å². The van der Waals surface area contributed by atoms with Gasteiger partial charge in [0.25, 0.3) is 0 Å². The molecule has 0 spiro atoms. The largest absolute Gasteiger partial charge is 0.491 e. The van der Waals surface area contributed by atoms with E-state index < -0.39 is 5.82 Å². The second-order valence-electron chi connectivity index (χ2n) is 5.17. The van der Waals surface area contributed by atoms with Crippen molar-refractivity contribution in [2.24, 2.45) is 0 Å². The van der Waals surface area contributed by atoms with E-state index >= 15 is 0 Å². The average Bonchev–Trinajstić information content (AvgIpc) is 2.43. The first-order chi connectivity index (χ1) is 9.65. The lowest BCUT2D eigenvalue weighted by Crippen LogP contribution is -2.01. The zero-order valence-electron chi connectivity index (χ0n) is 12.6. The van der Waals surface area contributed by atoms with Gasteiger partial charge >= 0.3 is 0 Å². The molecule has 0 saturated carbocycles. The molecule has 2 nitrogen and oxygen atoms in total. The van der Waals surface area contributed by atoms with Crippen molar-refractivity contribution in [3.63, 3.8) is 0 Å². The summed E-state index contributed by atoms with van der Waals surface area (Å²) in [4.78, 5) is 11.1. The molecule has 0 amide bonds. The summed E-state index contributed by atoms with van der Waals surface area (Å²) >= 11 is 0. The third-order valence-electron chi connectivity index (χ3n) is 3.34. The Labute approximate surface area is 121 Å². The second-order valence-corrected chi connectivity index (χ2v) is 5.17. The van der Waals surface area contributed by atoms with E-state index in [9.17, 15) is 9.18 Å². The van der Waals surface area contributed by atoms with Crippen LogP contribution in [0.1, 0.15) is 69.2 Å². The summed E-state index contributed by atoms with van der Waals surface area (Å²) in [7, 11) is 0. The van der Waals surface area contributed by atoms with Crippen molar-refractivity contribution in [1.82, 2.24) is 0 Å². The SMILES string of the molecule is CCCCCCCCCOc1ccc(C(C)=O)cc1F. The van der Waals surface area contributed by atoms with Gasteiger partial charge in [0.1, 0.15) is 0 Å². The summed E-state index contributed by atoms with van der Waals surface area (Å²) in [6, 6.07) is 4.38. The summed E-state index contributed by atoms with van der Waals surface area (Å²) in [5, 5.41) is 0. The monoisotopic (exact) mass is 280 g/mol. The van der Waals surface area contributed by atoms with Crippen molar-refractivity contribution >= 4 is 5.78 Å². The van der Waals surface area contributed by atoms with Crippen LogP contribution in [0, 0.1) is 5.82 Å². The van der Waals surface area contributed by atoms with Crippen LogP contribution < -0.4 is 4.74 Å². The number of carbonyl (C=O) groups excluding carboxylic acids is 1. The quantitative estimate of drug-likeness (QED) is 0.437. The molecule has 1 aromatic rings. The van der Waals surface area contributed by atoms with Crippen molar-refractivity contribution in [2.45, 2.75) is 58.8 Å². The smallest absolute Gasteiger partial charge is 0.165 e. The van der Waals surface area contributed by atoms with Crippen molar-refractivity contribution in [3.8, 4) is 5.75 Å². The second kappa shape index (κ2) is 9.51. The van der Waals surface area contributed by atoms with Crippen molar-refractivity contribution < 1.29 is 13.9 Å². The maximum atomic E-state index is 13.6. The van der Waals surface area contributed by atoms with Crippen LogP contribution in [0.4, 0.5) is 4.39 Å². The van der Waals surface area contributed by atoms with Crippen LogP contribution in [0.25, 0.3) is 0 Å². The molecular formula is C17H25FO2. The van der Waals surface area contributed by atoms with Crippen LogP contribution >= 0.6 is 0 Å². The Morgan fingerprint density at radius 1 is 1.10 bits per heavy atom. The molecule has 0 aliphatic rings. The van der Waals surface area contributed by atoms with Crippen LogP contribution in [0.15, 0.2) is 18.2 Å². The third-order valence-corrected chi connectivity index (χ3v) is 3.34. The van der Waals surface area contributed by atoms with E-state index in [1.807, 2.05) is 0 Å². The number of benzene rings is 1. The number of halogens is 1. The average molecular weight is 280 g/mol. The van der Waals surface area contributed by atoms with Gasteiger partial charge in [0, 0.05) is 5.56 Å². The molecule has 0 unspecified atom stereocenters. The topological polar surface area (TPSA) is 26.3 Å². The third kappa shape index (κ3) is 6.18. The molecule has 0 atom stereocenters. The lowest BCUT2D eigenvalue weighted by Gasteiger charge is -2.08. The Hall–Kier alpha value is -1.38. The van der Waals surface area contributed by atoms with Crippen molar-refractivity contribution in [3.05, 3.63) is 29.6 Å². The van der Waals surface area contributed by atoms with Gasteiger partial charge in [-0.15, -0.1) is 0 Å². The fourth-order valence-corrected chi connectivity index (χ4v) is 2.08. The number of hydrogen-bond acceptors (Lipinski definition) is 2. The van der Waals surface area contributed by atoms with Crippen LogP contribution in [0.2, 0.25) is 0 Å². The van der Waals surface area contributed by atoms with Gasteiger partial charge in [-0.2, -0.15) is 0 Å². The van der Waals surface area contributed by atoms with Gasteiger partial charge in [-0.3, -0.25) is 4.79 Å². The Balaban J connectivity index is 2.20. The minimum atomic E-state index is -0.458. The molecule has 0 bridgehead atoms. The summed E-state index contributed by atoms with van der Waals surface area (Å²) in [6.45, 7) is 4.16. The number of unbranched alkanes of at least 4 members (excludes halogenated alkanes) is 6. The molecule has 0 fully saturated rings. The molecule has 3 heteroatoms. The highest BCUT2D eigenvalue weighted by molar-refractivity contribution is 5.94. The van der Waals surface area contributed by atoms with E-state index in [2.05, 4.69) is 6.92 Å². The zero-order chi connectivity index (χ0) is 14.8. The van der Waals surface area contributed by atoms with Gasteiger partial charge in [-0.25, -0.2) is 4.39 Å². The van der Waals surface area contributed by atoms with E-state index in [1.54, 1.807) is 6.07 Å². The Morgan fingerprint density at radius 3 is 2.35 bits per heavy atom. The first-order valence-corrected chi connectivity index (χ1v) is 7.58. The molecule has 0 aliphatic carbocycles. The van der Waals surface area contributed by atoms with Crippen LogP contribution in [-0.4, -0.2) is 12.4 Å². The minimum absolute atomic E-state index is 0.137. The summed E-state index contributed by atoms with van der Waals surface area (Å²) in [5.41, 5.74) is 0.380. The molecule has 1 aromatic carbocycles. The highest BCUT2D eigenvalue weighted by Gasteiger charge is 2.07. The molecule has 0 saturated heterocycles. The molecule has 0 radical (unpaired) electrons. The number of rotatable bonds is 10. The number of ketones is 1. The van der Waals surface area contributed by atoms with Gasteiger partial charge in [0.05, 0.1) is 6.61 Å².